The lowest BCUT2D eigenvalue weighted by atomic mass is 10.2. The van der Waals surface area contributed by atoms with Crippen LogP contribution < -0.4 is 5.32 Å². The molecule has 0 bridgehead atoms. The summed E-state index contributed by atoms with van der Waals surface area (Å²) in [4.78, 5) is 0. The van der Waals surface area contributed by atoms with E-state index in [0.29, 0.717) is 31.1 Å². The summed E-state index contributed by atoms with van der Waals surface area (Å²) in [7, 11) is 1.65. The standard InChI is InChI=1S/C13H18FN5O/c1-10(15-7-8-20-2)13-16-17-18-19(13)9-11-5-3-4-6-12(11)14/h3-6,10,15H,7-9H2,1-2H3. The molecule has 1 N–H and O–H groups in total. The minimum absolute atomic E-state index is 0.0353. The van der Waals surface area contributed by atoms with Gasteiger partial charge in [0.2, 0.25) is 0 Å². The van der Waals surface area contributed by atoms with E-state index in [0.717, 1.165) is 0 Å². The van der Waals surface area contributed by atoms with Crippen LogP contribution in [0.5, 0.6) is 0 Å². The van der Waals surface area contributed by atoms with E-state index >= 15 is 0 Å². The summed E-state index contributed by atoms with van der Waals surface area (Å²) in [5.41, 5.74) is 0.560. The van der Waals surface area contributed by atoms with Gasteiger partial charge in [-0.3, -0.25) is 0 Å². The molecule has 1 unspecified atom stereocenters. The molecule has 1 aromatic carbocycles. The summed E-state index contributed by atoms with van der Waals surface area (Å²) in [6.07, 6.45) is 0. The minimum Gasteiger partial charge on any atom is -0.383 e. The lowest BCUT2D eigenvalue weighted by molar-refractivity contribution is 0.196. The Morgan fingerprint density at radius 1 is 1.40 bits per heavy atom. The monoisotopic (exact) mass is 279 g/mol. The van der Waals surface area contributed by atoms with Crippen molar-refractivity contribution in [3.63, 3.8) is 0 Å². The molecule has 0 aliphatic heterocycles. The second-order valence-corrected chi connectivity index (χ2v) is 4.45. The summed E-state index contributed by atoms with van der Waals surface area (Å²) < 4.78 is 20.2. The van der Waals surface area contributed by atoms with Crippen LogP contribution in [0.2, 0.25) is 0 Å². The quantitative estimate of drug-likeness (QED) is 0.770. The molecule has 0 fully saturated rings. The fourth-order valence-electron chi connectivity index (χ4n) is 1.89. The van der Waals surface area contributed by atoms with Crippen molar-refractivity contribution in [2.75, 3.05) is 20.3 Å². The van der Waals surface area contributed by atoms with Crippen molar-refractivity contribution in [1.82, 2.24) is 25.5 Å². The number of rotatable bonds is 7. The number of tetrazole rings is 1. The maximum atomic E-state index is 13.6. The number of hydrogen-bond acceptors (Lipinski definition) is 5. The Kier molecular flexibility index (Phi) is 5.14. The topological polar surface area (TPSA) is 64.9 Å². The first-order valence-electron chi connectivity index (χ1n) is 6.44. The van der Waals surface area contributed by atoms with Crippen molar-refractivity contribution >= 4 is 0 Å². The van der Waals surface area contributed by atoms with Crippen molar-refractivity contribution < 1.29 is 9.13 Å². The lowest BCUT2D eigenvalue weighted by Gasteiger charge is -2.13. The van der Waals surface area contributed by atoms with Gasteiger partial charge in [-0.2, -0.15) is 0 Å². The van der Waals surface area contributed by atoms with Gasteiger partial charge >= 0.3 is 0 Å². The molecule has 0 amide bonds. The van der Waals surface area contributed by atoms with E-state index < -0.39 is 0 Å². The predicted molar refractivity (Wildman–Crippen MR) is 71.6 cm³/mol. The Hall–Kier alpha value is -1.86. The molecule has 0 aliphatic carbocycles. The van der Waals surface area contributed by atoms with E-state index in [-0.39, 0.29) is 11.9 Å². The maximum Gasteiger partial charge on any atom is 0.168 e. The summed E-state index contributed by atoms with van der Waals surface area (Å²) in [5, 5.41) is 14.8. The number of nitrogens with one attached hydrogen (secondary N) is 1. The molecule has 1 heterocycles. The molecule has 0 aliphatic rings. The Morgan fingerprint density at radius 2 is 2.20 bits per heavy atom. The molecule has 6 nitrogen and oxygen atoms in total. The molecular formula is C13H18FN5O. The molecule has 2 rings (SSSR count). The fraction of sp³-hybridized carbons (Fsp3) is 0.462. The van der Waals surface area contributed by atoms with Gasteiger partial charge in [0.05, 0.1) is 19.2 Å². The van der Waals surface area contributed by atoms with Crippen LogP contribution in [0.25, 0.3) is 0 Å². The van der Waals surface area contributed by atoms with Crippen LogP contribution in [0, 0.1) is 5.82 Å². The van der Waals surface area contributed by atoms with E-state index in [1.807, 2.05) is 6.92 Å². The van der Waals surface area contributed by atoms with Crippen LogP contribution in [-0.4, -0.2) is 40.5 Å². The number of hydrogen-bond donors (Lipinski definition) is 1. The van der Waals surface area contributed by atoms with Crippen molar-refractivity contribution in [3.8, 4) is 0 Å². The Bertz CT molecular complexity index is 545. The SMILES string of the molecule is COCCNC(C)c1nnnn1Cc1ccccc1F. The highest BCUT2D eigenvalue weighted by Crippen LogP contribution is 2.12. The number of ether oxygens (including phenoxy) is 1. The minimum atomic E-state index is -0.256. The Labute approximate surface area is 116 Å². The lowest BCUT2D eigenvalue weighted by Crippen LogP contribution is -2.26. The average molecular weight is 279 g/mol. The third-order valence-corrected chi connectivity index (χ3v) is 2.98. The van der Waals surface area contributed by atoms with Gasteiger partial charge in [0, 0.05) is 19.2 Å². The van der Waals surface area contributed by atoms with Gasteiger partial charge in [0.25, 0.3) is 0 Å². The number of halogens is 1. The molecule has 0 saturated carbocycles. The highest BCUT2D eigenvalue weighted by Gasteiger charge is 2.15. The molecule has 0 saturated heterocycles. The molecule has 1 atom stereocenters. The van der Waals surface area contributed by atoms with Crippen molar-refractivity contribution in [2.24, 2.45) is 0 Å². The fourth-order valence-corrected chi connectivity index (χ4v) is 1.89. The molecule has 7 heteroatoms. The van der Waals surface area contributed by atoms with Gasteiger partial charge in [0.1, 0.15) is 5.82 Å². The van der Waals surface area contributed by atoms with E-state index in [1.54, 1.807) is 30.0 Å². The van der Waals surface area contributed by atoms with Crippen molar-refractivity contribution in [1.29, 1.82) is 0 Å². The molecule has 108 valence electrons. The first-order valence-corrected chi connectivity index (χ1v) is 6.44. The smallest absolute Gasteiger partial charge is 0.168 e. The number of methoxy groups -OCH3 is 1. The van der Waals surface area contributed by atoms with E-state index in [9.17, 15) is 4.39 Å². The van der Waals surface area contributed by atoms with Crippen LogP contribution in [-0.2, 0) is 11.3 Å². The maximum absolute atomic E-state index is 13.6. The normalized spacial score (nSPS) is 12.6. The zero-order valence-electron chi connectivity index (χ0n) is 11.6. The second kappa shape index (κ2) is 7.06. The van der Waals surface area contributed by atoms with Crippen molar-refractivity contribution in [2.45, 2.75) is 19.5 Å². The molecular weight excluding hydrogens is 261 g/mol. The predicted octanol–water partition coefficient (Wildman–Crippen LogP) is 1.16. The van der Waals surface area contributed by atoms with Gasteiger partial charge in [-0.1, -0.05) is 18.2 Å². The van der Waals surface area contributed by atoms with Crippen LogP contribution >= 0.6 is 0 Å². The highest BCUT2D eigenvalue weighted by atomic mass is 19.1. The van der Waals surface area contributed by atoms with Crippen LogP contribution in [0.3, 0.4) is 0 Å². The van der Waals surface area contributed by atoms with Crippen LogP contribution in [0.1, 0.15) is 24.4 Å². The van der Waals surface area contributed by atoms with E-state index in [4.69, 9.17) is 4.74 Å². The second-order valence-electron chi connectivity index (χ2n) is 4.45. The Balaban J connectivity index is 2.07. The van der Waals surface area contributed by atoms with E-state index in [2.05, 4.69) is 20.8 Å². The third-order valence-electron chi connectivity index (χ3n) is 2.98. The summed E-state index contributed by atoms with van der Waals surface area (Å²) in [6.45, 7) is 3.58. The summed E-state index contributed by atoms with van der Waals surface area (Å²) in [6, 6.07) is 6.58. The van der Waals surface area contributed by atoms with Gasteiger partial charge in [-0.25, -0.2) is 9.07 Å². The molecule has 0 radical (unpaired) electrons. The molecule has 20 heavy (non-hydrogen) atoms. The highest BCUT2D eigenvalue weighted by molar-refractivity contribution is 5.17. The van der Waals surface area contributed by atoms with Gasteiger partial charge in [-0.05, 0) is 23.4 Å². The third kappa shape index (κ3) is 3.58. The molecule has 1 aromatic heterocycles. The summed E-state index contributed by atoms with van der Waals surface area (Å²) in [5.74, 6) is 0.415. The van der Waals surface area contributed by atoms with Gasteiger partial charge in [0.15, 0.2) is 5.82 Å². The van der Waals surface area contributed by atoms with Crippen LogP contribution in [0.4, 0.5) is 4.39 Å². The Morgan fingerprint density at radius 3 is 2.95 bits per heavy atom. The molecule has 0 spiro atoms. The van der Waals surface area contributed by atoms with Gasteiger partial charge < -0.3 is 10.1 Å². The number of nitrogens with zero attached hydrogens (tertiary/aromatic N) is 4. The zero-order chi connectivity index (χ0) is 14.4. The van der Waals surface area contributed by atoms with E-state index in [1.165, 1.54) is 6.07 Å². The zero-order valence-corrected chi connectivity index (χ0v) is 11.6. The number of benzene rings is 1. The van der Waals surface area contributed by atoms with Crippen molar-refractivity contribution in [3.05, 3.63) is 41.5 Å². The van der Waals surface area contributed by atoms with Crippen LogP contribution in [0.15, 0.2) is 24.3 Å². The summed E-state index contributed by atoms with van der Waals surface area (Å²) >= 11 is 0. The largest absolute Gasteiger partial charge is 0.383 e. The average Bonchev–Trinajstić information content (AvgIpc) is 2.90. The number of aromatic nitrogens is 4. The molecule has 2 aromatic rings. The first kappa shape index (κ1) is 14.5. The van der Waals surface area contributed by atoms with Gasteiger partial charge in [-0.15, -0.1) is 5.10 Å². The first-order chi connectivity index (χ1) is 9.72.